The van der Waals surface area contributed by atoms with Crippen LogP contribution in [-0.4, -0.2) is 30.3 Å². The molecule has 172 valence electrons. The van der Waals surface area contributed by atoms with E-state index in [1.165, 1.54) is 37.7 Å². The minimum Gasteiger partial charge on any atom is -0.387 e. The molecular weight excluding hydrogens is 416 g/mol. The number of halogens is 1. The normalized spacial score (nSPS) is 9.59. The van der Waals surface area contributed by atoms with E-state index in [0.29, 0.717) is 12.3 Å². The zero-order valence-electron chi connectivity index (χ0n) is 20.0. The fourth-order valence-electron chi connectivity index (χ4n) is 2.62. The first-order valence-electron chi connectivity index (χ1n) is 11.1. The van der Waals surface area contributed by atoms with Crippen molar-refractivity contribution in [2.75, 3.05) is 13.6 Å². The molecule has 1 aromatic rings. The fraction of sp³-hybridized carbons (Fsp3) is 0.481. The molecule has 0 aliphatic rings. The third kappa shape index (κ3) is 16.9. The molecule has 0 unspecified atom stereocenters. The third-order valence-corrected chi connectivity index (χ3v) is 4.73. The fourth-order valence-corrected chi connectivity index (χ4v) is 2.75. The second-order valence-corrected chi connectivity index (χ2v) is 7.68. The number of rotatable bonds is 10. The number of nitrogens with two attached hydrogens (primary N) is 1. The zero-order valence-corrected chi connectivity index (χ0v) is 20.8. The zero-order chi connectivity index (χ0) is 24.0. The molecule has 0 aromatic heterocycles. The summed E-state index contributed by atoms with van der Waals surface area (Å²) in [5, 5.41) is 8.76. The van der Waals surface area contributed by atoms with Crippen LogP contribution in [0.25, 0.3) is 0 Å². The minimum atomic E-state index is 0.247. The van der Waals surface area contributed by atoms with Crippen molar-refractivity contribution in [3.63, 3.8) is 0 Å². The second kappa shape index (κ2) is 20.1. The molecule has 0 radical (unpaired) electrons. The molecule has 0 atom stereocenters. The van der Waals surface area contributed by atoms with Crippen molar-refractivity contribution < 1.29 is 0 Å². The summed E-state index contributed by atoms with van der Waals surface area (Å²) in [5.74, 6) is 16.3. The van der Waals surface area contributed by atoms with Crippen LogP contribution in [0.15, 0.2) is 29.3 Å². The highest BCUT2D eigenvalue weighted by atomic mass is 35.5. The first kappa shape index (κ1) is 29.1. The summed E-state index contributed by atoms with van der Waals surface area (Å²) in [6, 6.07) is 7.73. The topological polar surface area (TPSA) is 65.5 Å². The highest BCUT2D eigenvalue weighted by Gasteiger charge is 2.04. The Bertz CT molecular complexity index is 844. The Kier molecular flexibility index (Phi) is 18.3. The monoisotopic (exact) mass is 452 g/mol. The summed E-state index contributed by atoms with van der Waals surface area (Å²) in [5.41, 5.74) is 7.13. The summed E-state index contributed by atoms with van der Waals surface area (Å²) in [7, 11) is 1.91. The molecule has 0 saturated carbocycles. The van der Waals surface area contributed by atoms with E-state index in [-0.39, 0.29) is 5.96 Å². The van der Waals surface area contributed by atoms with E-state index in [0.717, 1.165) is 24.4 Å². The molecule has 0 aliphatic heterocycles. The van der Waals surface area contributed by atoms with Crippen LogP contribution < -0.4 is 5.73 Å². The lowest BCUT2D eigenvalue weighted by molar-refractivity contribution is 0.460. The Labute approximate surface area is 200 Å². The maximum absolute atomic E-state index is 8.02. The van der Waals surface area contributed by atoms with Crippen LogP contribution in [0.4, 0.5) is 0 Å². The molecule has 0 heterocycles. The minimum absolute atomic E-state index is 0.247. The first-order valence-corrected chi connectivity index (χ1v) is 11.5. The van der Waals surface area contributed by atoms with Gasteiger partial charge < -0.3 is 10.6 Å². The van der Waals surface area contributed by atoms with Gasteiger partial charge in [-0.15, -0.1) is 0 Å². The van der Waals surface area contributed by atoms with E-state index in [4.69, 9.17) is 22.7 Å². The van der Waals surface area contributed by atoms with Gasteiger partial charge in [-0.05, 0) is 68.1 Å². The molecule has 1 aromatic carbocycles. The Balaban J connectivity index is 0.00000102. The summed E-state index contributed by atoms with van der Waals surface area (Å²) in [6.07, 6.45) is 8.95. The van der Waals surface area contributed by atoms with Crippen LogP contribution in [-0.2, 0) is 6.42 Å². The predicted octanol–water partition coefficient (Wildman–Crippen LogP) is 5.89. The van der Waals surface area contributed by atoms with Crippen molar-refractivity contribution in [1.29, 1.82) is 5.41 Å². The summed E-state index contributed by atoms with van der Waals surface area (Å²) >= 11 is 5.87. The number of guanidine groups is 1. The van der Waals surface area contributed by atoms with E-state index in [1.807, 2.05) is 36.2 Å². The number of nitrogens with one attached hydrogen (secondary N) is 1. The number of aryl methyl sites for hydroxylation is 1. The van der Waals surface area contributed by atoms with Crippen LogP contribution in [0.5, 0.6) is 0 Å². The molecule has 5 heteroatoms. The summed E-state index contributed by atoms with van der Waals surface area (Å²) in [6.45, 7) is 6.57. The van der Waals surface area contributed by atoms with Crippen LogP contribution >= 0.6 is 11.6 Å². The van der Waals surface area contributed by atoms with Crippen LogP contribution in [0.2, 0.25) is 5.02 Å². The molecule has 0 bridgehead atoms. The average molecular weight is 453 g/mol. The highest BCUT2D eigenvalue weighted by molar-refractivity contribution is 6.30. The lowest BCUT2D eigenvalue weighted by Gasteiger charge is -2.17. The Morgan fingerprint density at radius 3 is 2.09 bits per heavy atom. The van der Waals surface area contributed by atoms with Gasteiger partial charge in [0.2, 0.25) is 5.96 Å². The first-order chi connectivity index (χ1) is 15.4. The number of hydrogen-bond donors (Lipinski definition) is 2. The molecule has 32 heavy (non-hydrogen) atoms. The van der Waals surface area contributed by atoms with E-state index in [2.05, 4.69) is 47.4 Å². The number of unbranched alkanes of at least 4 members (excludes halogenated alkanes) is 5. The van der Waals surface area contributed by atoms with Crippen molar-refractivity contribution in [1.82, 2.24) is 4.90 Å². The molecule has 4 nitrogen and oxygen atoms in total. The van der Waals surface area contributed by atoms with Crippen molar-refractivity contribution in [2.24, 2.45) is 10.7 Å². The van der Waals surface area contributed by atoms with E-state index < -0.39 is 0 Å². The second-order valence-electron chi connectivity index (χ2n) is 7.24. The maximum Gasteiger partial charge on any atom is 0.219 e. The number of amidine groups is 1. The molecule has 0 spiro atoms. The van der Waals surface area contributed by atoms with Crippen LogP contribution in [0, 0.1) is 40.9 Å². The van der Waals surface area contributed by atoms with Gasteiger partial charge in [-0.2, -0.15) is 0 Å². The third-order valence-electron chi connectivity index (χ3n) is 4.48. The Morgan fingerprint density at radius 2 is 1.53 bits per heavy atom. The SMILES string of the molecule is CC#CC#CC#CC.CCCCCCCCN(C)C(=N)N=C(N)CCc1ccc(Cl)cc1. The molecular formula is C27H37ClN4. The average Bonchev–Trinajstić information content (AvgIpc) is 2.79. The van der Waals surface area contributed by atoms with Gasteiger partial charge in [0.25, 0.3) is 0 Å². The number of aliphatic imine (C=N–C) groups is 1. The molecule has 0 saturated heterocycles. The van der Waals surface area contributed by atoms with Gasteiger partial charge in [0.1, 0.15) is 5.84 Å². The molecule has 0 aliphatic carbocycles. The molecule has 1 rings (SSSR count). The predicted molar refractivity (Wildman–Crippen MR) is 140 cm³/mol. The molecule has 3 N–H and O–H groups in total. The number of hydrogen-bond acceptors (Lipinski definition) is 1. The number of nitrogens with zero attached hydrogens (tertiary/aromatic N) is 2. The van der Waals surface area contributed by atoms with Crippen molar-refractivity contribution in [3.05, 3.63) is 34.9 Å². The largest absolute Gasteiger partial charge is 0.387 e. The van der Waals surface area contributed by atoms with Gasteiger partial charge in [0, 0.05) is 25.0 Å². The highest BCUT2D eigenvalue weighted by Crippen LogP contribution is 2.11. The number of benzene rings is 1. The summed E-state index contributed by atoms with van der Waals surface area (Å²) in [4.78, 5) is 6.09. The van der Waals surface area contributed by atoms with E-state index in [9.17, 15) is 0 Å². The standard InChI is InChI=1S/C19H31ClN4.C8H6/c1-3-4-5-6-7-8-15-24(2)19(22)23-18(21)14-11-16-9-12-17(20)13-10-16;1-3-5-7-8-6-4-2/h9-10,12-13H,3-8,11,14-15H2,1-2H3,(H3,21,22,23);1-2H3. The molecule has 0 fully saturated rings. The van der Waals surface area contributed by atoms with Crippen molar-refractivity contribution in [3.8, 4) is 35.5 Å². The van der Waals surface area contributed by atoms with Crippen molar-refractivity contribution >= 4 is 23.4 Å². The van der Waals surface area contributed by atoms with Crippen LogP contribution in [0.3, 0.4) is 0 Å². The summed E-state index contributed by atoms with van der Waals surface area (Å²) < 4.78 is 0. The van der Waals surface area contributed by atoms with Crippen LogP contribution in [0.1, 0.15) is 71.3 Å². The van der Waals surface area contributed by atoms with Gasteiger partial charge in [0.05, 0.1) is 0 Å². The van der Waals surface area contributed by atoms with Gasteiger partial charge in [-0.1, -0.05) is 74.6 Å². The van der Waals surface area contributed by atoms with E-state index in [1.54, 1.807) is 13.8 Å². The molecule has 0 amide bonds. The van der Waals surface area contributed by atoms with Gasteiger partial charge in [-0.25, -0.2) is 4.99 Å². The lowest BCUT2D eigenvalue weighted by Crippen LogP contribution is -2.28. The Hall–Kier alpha value is -2.87. The smallest absolute Gasteiger partial charge is 0.219 e. The van der Waals surface area contributed by atoms with Gasteiger partial charge >= 0.3 is 0 Å². The van der Waals surface area contributed by atoms with E-state index >= 15 is 0 Å². The quantitative estimate of drug-likeness (QED) is 0.201. The lowest BCUT2D eigenvalue weighted by atomic mass is 10.1. The van der Waals surface area contributed by atoms with Gasteiger partial charge in [0.15, 0.2) is 0 Å². The van der Waals surface area contributed by atoms with Crippen molar-refractivity contribution in [2.45, 2.75) is 72.1 Å². The van der Waals surface area contributed by atoms with Gasteiger partial charge in [-0.3, -0.25) is 5.41 Å². The maximum atomic E-state index is 8.02. The Morgan fingerprint density at radius 1 is 0.969 bits per heavy atom.